The Labute approximate surface area is 216 Å². The average Bonchev–Trinajstić information content (AvgIpc) is 3.36. The lowest BCUT2D eigenvalue weighted by molar-refractivity contribution is -0.108. The molecule has 0 aromatic carbocycles. The van der Waals surface area contributed by atoms with E-state index in [-0.39, 0.29) is 10.2 Å². The van der Waals surface area contributed by atoms with Gasteiger partial charge in [0.2, 0.25) is 10.2 Å². The highest BCUT2D eigenvalue weighted by atomic mass is 32.2. The summed E-state index contributed by atoms with van der Waals surface area (Å²) in [6.07, 6.45) is 0. The van der Waals surface area contributed by atoms with Gasteiger partial charge in [0.05, 0.1) is 9.16 Å². The topological polar surface area (TPSA) is 34.1 Å². The molecule has 0 aromatic heterocycles. The summed E-state index contributed by atoms with van der Waals surface area (Å²) in [5.74, 6) is 8.98. The van der Waals surface area contributed by atoms with Crippen molar-refractivity contribution in [2.75, 3.05) is 46.0 Å². The molecular weight excluding hydrogens is 529 g/mol. The molecule has 0 amide bonds. The zero-order valence-corrected chi connectivity index (χ0v) is 24.0. The molecule has 0 bridgehead atoms. The fraction of sp³-hybridized carbons (Fsp3) is 0.700. The molecule has 30 heavy (non-hydrogen) atoms. The lowest BCUT2D eigenvalue weighted by Crippen LogP contribution is -2.08. The van der Waals surface area contributed by atoms with Gasteiger partial charge in [-0.25, -0.2) is 0 Å². The SMILES string of the molecule is C=C(C)C(=O)SCC1CSC(CSCCSCC2SCC(CSC(=O)C(=C)C)S2)S1. The number of hydrogen-bond donors (Lipinski definition) is 0. The molecule has 10 heteroatoms. The van der Waals surface area contributed by atoms with Crippen LogP contribution in [0.2, 0.25) is 0 Å². The first-order valence-electron chi connectivity index (χ1n) is 9.70. The van der Waals surface area contributed by atoms with Gasteiger partial charge >= 0.3 is 0 Å². The smallest absolute Gasteiger partial charge is 0.214 e. The van der Waals surface area contributed by atoms with Gasteiger partial charge in [0.1, 0.15) is 0 Å². The number of carbonyl (C=O) groups excluding carboxylic acids is 2. The van der Waals surface area contributed by atoms with E-state index in [1.54, 1.807) is 13.8 Å². The molecule has 2 aliphatic heterocycles. The van der Waals surface area contributed by atoms with Crippen molar-refractivity contribution >= 4 is 104 Å². The lowest BCUT2D eigenvalue weighted by Gasteiger charge is -2.11. The molecular formula is C20H30O2S8. The van der Waals surface area contributed by atoms with Crippen LogP contribution >= 0.6 is 94.1 Å². The van der Waals surface area contributed by atoms with Crippen molar-refractivity contribution in [3.63, 3.8) is 0 Å². The molecule has 170 valence electrons. The normalized spacial score (nSPS) is 26.1. The number of rotatable bonds is 13. The summed E-state index contributed by atoms with van der Waals surface area (Å²) in [6, 6.07) is 0. The van der Waals surface area contributed by atoms with Crippen molar-refractivity contribution in [2.45, 2.75) is 33.5 Å². The Bertz CT molecular complexity index is 560. The molecule has 0 aliphatic carbocycles. The Balaban J connectivity index is 1.44. The first kappa shape index (κ1) is 27.9. The number of carbonyl (C=O) groups is 2. The highest BCUT2D eigenvalue weighted by Crippen LogP contribution is 2.42. The van der Waals surface area contributed by atoms with Crippen LogP contribution in [0.25, 0.3) is 0 Å². The highest BCUT2D eigenvalue weighted by Gasteiger charge is 2.27. The van der Waals surface area contributed by atoms with Crippen molar-refractivity contribution < 1.29 is 9.59 Å². The first-order valence-corrected chi connectivity index (χ1v) is 18.0. The standard InChI is InChI=1S/C20H30O2S8/c1-13(2)19(21)27-9-15-7-25-17(29-15)11-23-5-6-24-12-18-26-8-16(30-18)10-28-20(22)14(3)4/h15-18H,1,3,5-12H2,2,4H3. The van der Waals surface area contributed by atoms with Crippen LogP contribution in [0, 0.1) is 0 Å². The van der Waals surface area contributed by atoms with E-state index in [9.17, 15) is 9.59 Å². The second kappa shape index (κ2) is 15.5. The molecule has 0 N–H and O–H groups in total. The van der Waals surface area contributed by atoms with Crippen molar-refractivity contribution in [1.29, 1.82) is 0 Å². The predicted octanol–water partition coefficient (Wildman–Crippen LogP) is 6.47. The Morgan fingerprint density at radius 2 is 1.17 bits per heavy atom. The average molecular weight is 559 g/mol. The number of thioether (sulfide) groups is 8. The van der Waals surface area contributed by atoms with Crippen LogP contribution in [0.4, 0.5) is 0 Å². The first-order chi connectivity index (χ1) is 14.3. The van der Waals surface area contributed by atoms with E-state index in [1.165, 1.54) is 46.5 Å². The third-order valence-corrected chi connectivity index (χ3v) is 16.6. The fourth-order valence-corrected chi connectivity index (χ4v) is 14.5. The van der Waals surface area contributed by atoms with Gasteiger partial charge in [-0.2, -0.15) is 23.5 Å². The van der Waals surface area contributed by atoms with Crippen LogP contribution in [0.1, 0.15) is 13.8 Å². The van der Waals surface area contributed by atoms with Crippen LogP contribution in [-0.4, -0.2) is 75.9 Å². The van der Waals surface area contributed by atoms with Gasteiger partial charge in [0.15, 0.2) is 0 Å². The maximum absolute atomic E-state index is 11.7. The van der Waals surface area contributed by atoms with E-state index in [0.717, 1.165) is 23.0 Å². The predicted molar refractivity (Wildman–Crippen MR) is 154 cm³/mol. The van der Waals surface area contributed by atoms with E-state index in [4.69, 9.17) is 0 Å². The van der Waals surface area contributed by atoms with Gasteiger partial charge in [-0.15, -0.1) is 47.0 Å². The van der Waals surface area contributed by atoms with Crippen LogP contribution in [-0.2, 0) is 9.59 Å². The van der Waals surface area contributed by atoms with E-state index >= 15 is 0 Å². The molecule has 0 radical (unpaired) electrons. The molecule has 2 rings (SSSR count). The fourth-order valence-electron chi connectivity index (χ4n) is 2.43. The second-order valence-electron chi connectivity index (χ2n) is 6.95. The van der Waals surface area contributed by atoms with E-state index in [1.807, 2.05) is 0 Å². The van der Waals surface area contributed by atoms with E-state index < -0.39 is 0 Å². The van der Waals surface area contributed by atoms with Crippen LogP contribution in [0.3, 0.4) is 0 Å². The Morgan fingerprint density at radius 1 is 0.767 bits per heavy atom. The molecule has 2 fully saturated rings. The Kier molecular flexibility index (Phi) is 14.4. The molecule has 4 unspecified atom stereocenters. The summed E-state index contributed by atoms with van der Waals surface area (Å²) >= 11 is 15.2. The molecule has 2 saturated heterocycles. The maximum Gasteiger partial charge on any atom is 0.214 e. The Hall–Kier alpha value is 1.62. The summed E-state index contributed by atoms with van der Waals surface area (Å²) in [4.78, 5) is 23.3. The number of hydrogen-bond acceptors (Lipinski definition) is 10. The molecule has 0 aromatic rings. The maximum atomic E-state index is 11.7. The summed E-state index contributed by atoms with van der Waals surface area (Å²) < 4.78 is 1.35. The molecule has 0 saturated carbocycles. The second-order valence-corrected chi connectivity index (χ2v) is 17.3. The van der Waals surface area contributed by atoms with Gasteiger partial charge < -0.3 is 0 Å². The van der Waals surface area contributed by atoms with Crippen molar-refractivity contribution in [1.82, 2.24) is 0 Å². The van der Waals surface area contributed by atoms with Crippen molar-refractivity contribution in [3.05, 3.63) is 24.3 Å². The zero-order chi connectivity index (χ0) is 21.9. The van der Waals surface area contributed by atoms with Gasteiger partial charge in [-0.05, 0) is 25.0 Å². The molecule has 4 atom stereocenters. The monoisotopic (exact) mass is 558 g/mol. The minimum Gasteiger partial charge on any atom is -0.282 e. The minimum atomic E-state index is 0.138. The quantitative estimate of drug-likeness (QED) is 0.185. The van der Waals surface area contributed by atoms with Crippen LogP contribution in [0.5, 0.6) is 0 Å². The summed E-state index contributed by atoms with van der Waals surface area (Å²) in [5.41, 5.74) is 1.31. The van der Waals surface area contributed by atoms with Crippen molar-refractivity contribution in [2.24, 2.45) is 0 Å². The summed E-state index contributed by atoms with van der Waals surface area (Å²) in [6.45, 7) is 11.0. The third-order valence-electron chi connectivity index (χ3n) is 4.00. The van der Waals surface area contributed by atoms with E-state index in [2.05, 4.69) is 83.7 Å². The molecule has 2 heterocycles. The van der Waals surface area contributed by atoms with Gasteiger partial charge in [-0.3, -0.25) is 9.59 Å². The lowest BCUT2D eigenvalue weighted by atomic mass is 10.4. The molecule has 0 spiro atoms. The summed E-state index contributed by atoms with van der Waals surface area (Å²) in [7, 11) is 0. The zero-order valence-electron chi connectivity index (χ0n) is 17.5. The molecule has 2 nitrogen and oxygen atoms in total. The van der Waals surface area contributed by atoms with Crippen molar-refractivity contribution in [3.8, 4) is 0 Å². The van der Waals surface area contributed by atoms with Crippen LogP contribution in [0.15, 0.2) is 24.3 Å². The molecule has 2 aliphatic rings. The van der Waals surface area contributed by atoms with Crippen LogP contribution < -0.4 is 0 Å². The Morgan fingerprint density at radius 3 is 1.53 bits per heavy atom. The van der Waals surface area contributed by atoms with E-state index in [0.29, 0.717) is 30.8 Å². The highest BCUT2D eigenvalue weighted by molar-refractivity contribution is 8.23. The largest absolute Gasteiger partial charge is 0.282 e. The third kappa shape index (κ3) is 11.2. The van der Waals surface area contributed by atoms with Gasteiger partial charge in [-0.1, -0.05) is 36.7 Å². The summed E-state index contributed by atoms with van der Waals surface area (Å²) in [5, 5.41) is 1.46. The van der Waals surface area contributed by atoms with Gasteiger partial charge in [0, 0.05) is 56.5 Å². The van der Waals surface area contributed by atoms with Gasteiger partial charge in [0.25, 0.3) is 0 Å². The minimum absolute atomic E-state index is 0.138.